The van der Waals surface area contributed by atoms with Crippen molar-refractivity contribution in [1.29, 1.82) is 0 Å². The van der Waals surface area contributed by atoms with E-state index in [0.717, 1.165) is 0 Å². The second kappa shape index (κ2) is 35.4. The smallest absolute Gasteiger partial charge is 0.386 e. The van der Waals surface area contributed by atoms with Gasteiger partial charge >= 0.3 is 8.56 Å². The first-order valence-corrected chi connectivity index (χ1v) is 27.3. The number of unbranched alkanes of at least 4 members (excludes halogenated alkanes) is 30. The van der Waals surface area contributed by atoms with E-state index in [2.05, 4.69) is 85.0 Å². The highest BCUT2D eigenvalue weighted by Crippen LogP contribution is 2.22. The van der Waals surface area contributed by atoms with Crippen LogP contribution < -0.4 is 10.4 Å². The zero-order valence-electron chi connectivity index (χ0n) is 35.1. The molecule has 2 nitrogen and oxygen atoms in total. The molecule has 0 atom stereocenters. The van der Waals surface area contributed by atoms with Crippen molar-refractivity contribution in [2.75, 3.05) is 0 Å². The molecule has 0 unspecified atom stereocenters. The van der Waals surface area contributed by atoms with E-state index in [1.54, 1.807) is 0 Å². The molecule has 2 rings (SSSR count). The van der Waals surface area contributed by atoms with Gasteiger partial charge in [0.2, 0.25) is 19.5 Å². The third-order valence-corrected chi connectivity index (χ3v) is 18.8. The first-order valence-electron chi connectivity index (χ1n) is 23.3. The van der Waals surface area contributed by atoms with Crippen LogP contribution in [0, 0.1) is 0 Å². The number of hydrogen-bond acceptors (Lipinski definition) is 2. The minimum Gasteiger partial charge on any atom is -0.430 e. The fraction of sp³-hybridized carbons (Fsp3) is 0.750. The predicted octanol–water partition coefficient (Wildman–Crippen LogP) is 14.9. The van der Waals surface area contributed by atoms with E-state index in [1.807, 2.05) is 0 Å². The predicted molar refractivity (Wildman–Crippen MR) is 240 cm³/mol. The molecule has 0 aliphatic heterocycles. The van der Waals surface area contributed by atoms with E-state index >= 15 is 0 Å². The molecule has 0 saturated heterocycles. The molecule has 0 heterocycles. The summed E-state index contributed by atoms with van der Waals surface area (Å²) in [6.07, 6.45) is 45.3. The van der Waals surface area contributed by atoms with Crippen molar-refractivity contribution >= 4 is 38.5 Å². The molecule has 2 aromatic rings. The summed E-state index contributed by atoms with van der Waals surface area (Å²) < 4.78 is 13.7. The fourth-order valence-corrected chi connectivity index (χ4v) is 15.9. The van der Waals surface area contributed by atoms with Crippen molar-refractivity contribution in [3.05, 3.63) is 60.7 Å². The zero-order chi connectivity index (χ0) is 37.8. The van der Waals surface area contributed by atoms with Crippen LogP contribution in [0.1, 0.15) is 219 Å². The Morgan fingerprint density at radius 2 is 0.623 bits per heavy atom. The summed E-state index contributed by atoms with van der Waals surface area (Å²) in [7, 11) is -0.294. The number of rotatable bonds is 39. The summed E-state index contributed by atoms with van der Waals surface area (Å²) in [5.41, 5.74) is 0. The maximum absolute atomic E-state index is 7.38. The molecule has 4 radical (unpaired) electrons. The first kappa shape index (κ1) is 48.2. The Morgan fingerprint density at radius 3 is 0.868 bits per heavy atom. The summed E-state index contributed by atoms with van der Waals surface area (Å²) >= 11 is 0. The average molecular weight is 777 g/mol. The van der Waals surface area contributed by atoms with E-state index in [0.29, 0.717) is 0 Å². The fourth-order valence-electron chi connectivity index (χ4n) is 7.91. The van der Waals surface area contributed by atoms with E-state index in [1.165, 1.54) is 228 Å². The van der Waals surface area contributed by atoms with Gasteiger partial charge in [-0.05, 0) is 22.5 Å². The molecule has 300 valence electrons. The van der Waals surface area contributed by atoms with Crippen LogP contribution in [-0.4, -0.2) is 28.1 Å². The Bertz CT molecular complexity index is 944. The summed E-state index contributed by atoms with van der Waals surface area (Å²) in [6, 6.07) is 24.0. The van der Waals surface area contributed by atoms with Crippen LogP contribution in [0.15, 0.2) is 60.7 Å². The van der Waals surface area contributed by atoms with Crippen molar-refractivity contribution < 1.29 is 8.23 Å². The number of benzene rings is 2. The Hall–Kier alpha value is -0.989. The van der Waals surface area contributed by atoms with E-state index in [9.17, 15) is 0 Å². The second-order valence-electron chi connectivity index (χ2n) is 16.2. The minimum absolute atomic E-state index is 1.04. The molecule has 0 aliphatic carbocycles. The monoisotopic (exact) mass is 777 g/mol. The molecule has 0 fully saturated rings. The van der Waals surface area contributed by atoms with Crippen molar-refractivity contribution in [3.63, 3.8) is 0 Å². The van der Waals surface area contributed by atoms with Gasteiger partial charge in [-0.15, -0.1) is 0 Å². The van der Waals surface area contributed by atoms with Crippen molar-refractivity contribution in [1.82, 2.24) is 0 Å². The zero-order valence-corrected chi connectivity index (χ0v) is 38.1. The molecule has 0 N–H and O–H groups in total. The van der Waals surface area contributed by atoms with Crippen LogP contribution in [0.5, 0.6) is 0 Å². The van der Waals surface area contributed by atoms with Gasteiger partial charge in [0.05, 0.1) is 0 Å². The summed E-state index contributed by atoms with van der Waals surface area (Å²) in [5, 5.41) is 2.39. The summed E-state index contributed by atoms with van der Waals surface area (Å²) in [6.45, 7) is 4.61. The highest BCUT2D eigenvalue weighted by molar-refractivity contribution is 6.97. The van der Waals surface area contributed by atoms with Crippen LogP contribution in [0.2, 0.25) is 12.1 Å². The quantitative estimate of drug-likeness (QED) is 0.0497. The van der Waals surface area contributed by atoms with Crippen LogP contribution in [-0.2, 0) is 8.23 Å². The molecule has 53 heavy (non-hydrogen) atoms. The highest BCUT2D eigenvalue weighted by Gasteiger charge is 2.43. The van der Waals surface area contributed by atoms with Gasteiger partial charge in [0.15, 0.2) is 0 Å². The molecule has 0 bridgehead atoms. The summed E-state index contributed by atoms with van der Waals surface area (Å²) in [4.78, 5) is 0. The van der Waals surface area contributed by atoms with Gasteiger partial charge in [-0.3, -0.25) is 0 Å². The Balaban J connectivity index is 1.71. The molecular formula is C48H84O2Si3. The topological polar surface area (TPSA) is 18.5 Å². The van der Waals surface area contributed by atoms with Crippen LogP contribution in [0.4, 0.5) is 0 Å². The van der Waals surface area contributed by atoms with Gasteiger partial charge in [-0.2, -0.15) is 0 Å². The molecule has 0 aromatic heterocycles. The average Bonchev–Trinajstić information content (AvgIpc) is 3.20. The second-order valence-corrected chi connectivity index (χ2v) is 22.3. The third kappa shape index (κ3) is 24.3. The SMILES string of the molecule is CCCCCCCCCCCCCCCCCC[Si](CCCCCCCCCCCCCCCCCC)O[Si](O[Si])(c1ccccc1)c1ccccc1. The first-order chi connectivity index (χ1) is 26.3. The molecule has 0 spiro atoms. The molecule has 2 aromatic carbocycles. The Kier molecular flexibility index (Phi) is 32.2. The van der Waals surface area contributed by atoms with Gasteiger partial charge in [0, 0.05) is 0 Å². The maximum atomic E-state index is 7.38. The molecule has 5 heteroatoms. The lowest BCUT2D eigenvalue weighted by molar-refractivity contribution is 0.436. The molecule has 0 aliphatic rings. The van der Waals surface area contributed by atoms with E-state index in [4.69, 9.17) is 8.23 Å². The van der Waals surface area contributed by atoms with Crippen LogP contribution in [0.3, 0.4) is 0 Å². The molecule has 0 amide bonds. The normalized spacial score (nSPS) is 11.9. The van der Waals surface area contributed by atoms with Crippen molar-refractivity contribution in [2.24, 2.45) is 0 Å². The van der Waals surface area contributed by atoms with Gasteiger partial charge in [0.25, 0.3) is 0 Å². The van der Waals surface area contributed by atoms with Gasteiger partial charge in [0.1, 0.15) is 0 Å². The minimum atomic E-state index is -2.85. The standard InChI is InChI=1S/C48H84O2Si3/c1-3-5-7-9-11-13-15-17-19-21-23-25-27-29-31-39-45-52(46-40-32-30-28-26-24-22-20-18-16-14-12-10-8-6-4-2)50-53(49-51,47-41-35-33-36-42-47)48-43-37-34-38-44-48/h33-38,41-44H,3-32,39-40,45-46H2,1-2H3. The largest absolute Gasteiger partial charge is 0.430 e. The van der Waals surface area contributed by atoms with Crippen molar-refractivity contribution in [2.45, 2.75) is 231 Å². The van der Waals surface area contributed by atoms with Gasteiger partial charge < -0.3 is 8.23 Å². The van der Waals surface area contributed by atoms with E-state index < -0.39 is 17.6 Å². The third-order valence-electron chi connectivity index (χ3n) is 11.4. The lowest BCUT2D eigenvalue weighted by Crippen LogP contribution is -2.65. The molecular weight excluding hydrogens is 693 g/mol. The lowest BCUT2D eigenvalue weighted by Gasteiger charge is -2.34. The number of hydrogen-bond donors (Lipinski definition) is 0. The van der Waals surface area contributed by atoms with E-state index in [-0.39, 0.29) is 0 Å². The Morgan fingerprint density at radius 1 is 0.377 bits per heavy atom. The molecule has 0 saturated carbocycles. The van der Waals surface area contributed by atoms with Gasteiger partial charge in [-0.25, -0.2) is 0 Å². The Labute approximate surface area is 337 Å². The van der Waals surface area contributed by atoms with Crippen LogP contribution >= 0.6 is 0 Å². The van der Waals surface area contributed by atoms with Crippen LogP contribution in [0.25, 0.3) is 0 Å². The highest BCUT2D eigenvalue weighted by atomic mass is 28.4. The maximum Gasteiger partial charge on any atom is 0.386 e. The summed E-state index contributed by atoms with van der Waals surface area (Å²) in [5.74, 6) is 0. The van der Waals surface area contributed by atoms with Crippen molar-refractivity contribution in [3.8, 4) is 0 Å². The van der Waals surface area contributed by atoms with Gasteiger partial charge in [-0.1, -0.05) is 280 Å². The lowest BCUT2D eigenvalue weighted by atomic mass is 10.0.